The highest BCUT2D eigenvalue weighted by Gasteiger charge is 2.31. The van der Waals surface area contributed by atoms with E-state index in [1.165, 1.54) is 0 Å². The molecule has 0 aromatic carbocycles. The molecule has 0 amide bonds. The summed E-state index contributed by atoms with van der Waals surface area (Å²) < 4.78 is 30.2. The smallest absolute Gasteiger partial charge is 0.280 e. The first kappa shape index (κ1) is 16.4. The maximum atomic E-state index is 12.5. The normalized spacial score (nSPS) is 21.2. The van der Waals surface area contributed by atoms with Crippen molar-refractivity contribution in [3.05, 3.63) is 20.8 Å². The molecule has 0 radical (unpaired) electrons. The van der Waals surface area contributed by atoms with E-state index in [2.05, 4.69) is 26.0 Å². The molecule has 2 rings (SSSR count). The van der Waals surface area contributed by atoms with Crippen LogP contribution < -0.4 is 10.0 Å². The number of halogens is 1. The Morgan fingerprint density at radius 2 is 2.30 bits per heavy atom. The van der Waals surface area contributed by atoms with Crippen molar-refractivity contribution in [3.63, 3.8) is 0 Å². The second-order valence-electron chi connectivity index (χ2n) is 4.84. The predicted molar refractivity (Wildman–Crippen MR) is 86.1 cm³/mol. The van der Waals surface area contributed by atoms with Crippen LogP contribution in [-0.4, -0.2) is 38.9 Å². The van der Waals surface area contributed by atoms with Crippen LogP contribution in [0.2, 0.25) is 0 Å². The Balaban J connectivity index is 2.02. The molecule has 8 heteroatoms. The lowest BCUT2D eigenvalue weighted by atomic mass is 10.1. The number of likely N-dealkylation sites (N-methyl/N-ethyl adjacent to an activating group) is 1. The van der Waals surface area contributed by atoms with Gasteiger partial charge in [-0.2, -0.15) is 17.4 Å². The van der Waals surface area contributed by atoms with E-state index in [9.17, 15) is 8.42 Å². The van der Waals surface area contributed by atoms with Crippen molar-refractivity contribution in [1.29, 1.82) is 0 Å². The van der Waals surface area contributed by atoms with E-state index in [1.54, 1.807) is 15.6 Å². The summed E-state index contributed by atoms with van der Waals surface area (Å²) >= 11 is 4.96. The van der Waals surface area contributed by atoms with Crippen molar-refractivity contribution < 1.29 is 8.42 Å². The molecule has 0 aliphatic carbocycles. The van der Waals surface area contributed by atoms with Gasteiger partial charge in [-0.25, -0.2) is 0 Å². The van der Waals surface area contributed by atoms with Crippen molar-refractivity contribution in [1.82, 2.24) is 14.3 Å². The second-order valence-corrected chi connectivity index (χ2v) is 8.40. The van der Waals surface area contributed by atoms with Crippen LogP contribution in [0.1, 0.15) is 24.1 Å². The molecule has 1 aromatic rings. The summed E-state index contributed by atoms with van der Waals surface area (Å²) in [6.45, 7) is 1.64. The summed E-state index contributed by atoms with van der Waals surface area (Å²) in [6.07, 6.45) is 2.95. The Morgan fingerprint density at radius 3 is 2.95 bits per heavy atom. The van der Waals surface area contributed by atoms with Crippen molar-refractivity contribution in [3.8, 4) is 0 Å². The SMILES string of the molecule is CNCC1CCCCN1S(=O)(=O)NCc1sccc1Br. The highest BCUT2D eigenvalue weighted by Crippen LogP contribution is 2.24. The van der Waals surface area contributed by atoms with Gasteiger partial charge in [-0.3, -0.25) is 0 Å². The minimum Gasteiger partial charge on any atom is -0.318 e. The molecule has 0 spiro atoms. The Morgan fingerprint density at radius 1 is 1.50 bits per heavy atom. The molecule has 2 heterocycles. The summed E-state index contributed by atoms with van der Waals surface area (Å²) in [5.74, 6) is 0. The van der Waals surface area contributed by atoms with Crippen LogP contribution >= 0.6 is 27.3 Å². The molecule has 1 aromatic heterocycles. The third kappa shape index (κ3) is 4.02. The van der Waals surface area contributed by atoms with E-state index in [0.29, 0.717) is 19.6 Å². The third-order valence-corrected chi connectivity index (χ3v) is 6.96. The molecule has 0 saturated carbocycles. The van der Waals surface area contributed by atoms with Gasteiger partial charge in [0.05, 0.1) is 0 Å². The lowest BCUT2D eigenvalue weighted by Crippen LogP contribution is -2.51. The van der Waals surface area contributed by atoms with Gasteiger partial charge in [-0.05, 0) is 47.3 Å². The van der Waals surface area contributed by atoms with Crippen molar-refractivity contribution in [2.75, 3.05) is 20.1 Å². The van der Waals surface area contributed by atoms with E-state index in [0.717, 1.165) is 28.6 Å². The van der Waals surface area contributed by atoms with E-state index in [-0.39, 0.29) is 6.04 Å². The highest BCUT2D eigenvalue weighted by molar-refractivity contribution is 9.10. The highest BCUT2D eigenvalue weighted by atomic mass is 79.9. The zero-order valence-electron chi connectivity index (χ0n) is 11.4. The molecule has 0 bridgehead atoms. The molecule has 1 aliphatic heterocycles. The Labute approximate surface area is 133 Å². The van der Waals surface area contributed by atoms with Crippen LogP contribution in [0.4, 0.5) is 0 Å². The topological polar surface area (TPSA) is 61.4 Å². The van der Waals surface area contributed by atoms with Crippen molar-refractivity contribution in [2.45, 2.75) is 31.8 Å². The van der Waals surface area contributed by atoms with Gasteiger partial charge in [0.15, 0.2) is 0 Å². The summed E-state index contributed by atoms with van der Waals surface area (Å²) in [4.78, 5) is 0.996. The van der Waals surface area contributed by atoms with Crippen LogP contribution in [0, 0.1) is 0 Å². The lowest BCUT2D eigenvalue weighted by molar-refractivity contribution is 0.246. The number of thiophene rings is 1. The van der Waals surface area contributed by atoms with Crippen LogP contribution in [0.3, 0.4) is 0 Å². The third-order valence-electron chi connectivity index (χ3n) is 3.43. The van der Waals surface area contributed by atoms with Crippen LogP contribution in [0.15, 0.2) is 15.9 Å². The second kappa shape index (κ2) is 7.33. The molecular formula is C12H20BrN3O2S2. The number of nitrogens with one attached hydrogen (secondary N) is 2. The average Bonchev–Trinajstić information content (AvgIpc) is 2.83. The van der Waals surface area contributed by atoms with Gasteiger partial charge in [0, 0.05) is 35.0 Å². The average molecular weight is 382 g/mol. The maximum Gasteiger partial charge on any atom is 0.280 e. The van der Waals surface area contributed by atoms with Crippen molar-refractivity contribution >= 4 is 37.5 Å². The largest absolute Gasteiger partial charge is 0.318 e. The molecule has 2 N–H and O–H groups in total. The first-order valence-corrected chi connectivity index (χ1v) is 9.79. The summed E-state index contributed by atoms with van der Waals surface area (Å²) in [7, 11) is -1.56. The maximum absolute atomic E-state index is 12.5. The standard InChI is InChI=1S/C12H20BrN3O2S2/c1-14-8-10-4-2-3-6-16(10)20(17,18)15-9-12-11(13)5-7-19-12/h5,7,10,14-15H,2-4,6,8-9H2,1H3. The Hall–Kier alpha value is 0.01000. The van der Waals surface area contributed by atoms with Gasteiger partial charge < -0.3 is 5.32 Å². The molecule has 1 fully saturated rings. The first-order valence-electron chi connectivity index (χ1n) is 6.67. The van der Waals surface area contributed by atoms with Gasteiger partial charge in [0.25, 0.3) is 10.2 Å². The molecule has 5 nitrogen and oxygen atoms in total. The summed E-state index contributed by atoms with van der Waals surface area (Å²) in [6, 6.07) is 1.98. The zero-order chi connectivity index (χ0) is 14.6. The fraction of sp³-hybridized carbons (Fsp3) is 0.667. The molecular weight excluding hydrogens is 362 g/mol. The Kier molecular flexibility index (Phi) is 6.00. The lowest BCUT2D eigenvalue weighted by Gasteiger charge is -2.34. The van der Waals surface area contributed by atoms with Gasteiger partial charge >= 0.3 is 0 Å². The van der Waals surface area contributed by atoms with Crippen molar-refractivity contribution in [2.24, 2.45) is 0 Å². The number of hydrogen-bond donors (Lipinski definition) is 2. The quantitative estimate of drug-likeness (QED) is 0.790. The summed E-state index contributed by atoms with van der Waals surface area (Å²) in [5.41, 5.74) is 0. The van der Waals surface area contributed by atoms with Crippen LogP contribution in [0.5, 0.6) is 0 Å². The fourth-order valence-electron chi connectivity index (χ4n) is 2.42. The molecule has 20 heavy (non-hydrogen) atoms. The number of piperidine rings is 1. The minimum absolute atomic E-state index is 0.0537. The van der Waals surface area contributed by atoms with Gasteiger partial charge in [0.2, 0.25) is 0 Å². The van der Waals surface area contributed by atoms with Gasteiger partial charge in [-0.1, -0.05) is 6.42 Å². The predicted octanol–water partition coefficient (Wildman–Crippen LogP) is 1.92. The first-order chi connectivity index (χ1) is 9.54. The monoisotopic (exact) mass is 381 g/mol. The van der Waals surface area contributed by atoms with Crippen LogP contribution in [0.25, 0.3) is 0 Å². The number of rotatable bonds is 6. The van der Waals surface area contributed by atoms with E-state index in [4.69, 9.17) is 0 Å². The fourth-order valence-corrected chi connectivity index (χ4v) is 5.38. The minimum atomic E-state index is -3.42. The Bertz CT molecular complexity index is 531. The van der Waals surface area contributed by atoms with Gasteiger partial charge in [0.1, 0.15) is 0 Å². The summed E-state index contributed by atoms with van der Waals surface area (Å²) in [5, 5.41) is 5.02. The van der Waals surface area contributed by atoms with E-state index in [1.807, 2.05) is 18.5 Å². The molecule has 1 saturated heterocycles. The molecule has 1 atom stereocenters. The van der Waals surface area contributed by atoms with E-state index < -0.39 is 10.2 Å². The number of nitrogens with zero attached hydrogens (tertiary/aromatic N) is 1. The van der Waals surface area contributed by atoms with Crippen LogP contribution in [-0.2, 0) is 16.8 Å². The van der Waals surface area contributed by atoms with E-state index >= 15 is 0 Å². The molecule has 1 unspecified atom stereocenters. The zero-order valence-corrected chi connectivity index (χ0v) is 14.7. The van der Waals surface area contributed by atoms with Gasteiger partial charge in [-0.15, -0.1) is 11.3 Å². The molecule has 114 valence electrons. The molecule has 1 aliphatic rings. The number of hydrogen-bond acceptors (Lipinski definition) is 4.